The van der Waals surface area contributed by atoms with E-state index < -0.39 is 0 Å². The van der Waals surface area contributed by atoms with Gasteiger partial charge in [0.2, 0.25) is 0 Å². The summed E-state index contributed by atoms with van der Waals surface area (Å²) < 4.78 is 0. The zero-order chi connectivity index (χ0) is 6.04. The quantitative estimate of drug-likeness (QED) is 0.520. The van der Waals surface area contributed by atoms with E-state index in [1.807, 2.05) is 0 Å². The molecule has 44 valence electrons. The zero-order valence-electron chi connectivity index (χ0n) is 4.98. The Balaban J connectivity index is 2.33. The lowest BCUT2D eigenvalue weighted by atomic mass is 10.1. The molecule has 2 N–H and O–H groups in total. The number of terminal acetylenes is 1. The molecule has 0 aromatic heterocycles. The summed E-state index contributed by atoms with van der Waals surface area (Å²) in [6, 6.07) is 0. The molecule has 0 radical (unpaired) electrons. The topological polar surface area (TPSA) is 26.0 Å². The van der Waals surface area contributed by atoms with Crippen LogP contribution in [0.5, 0.6) is 0 Å². The lowest BCUT2D eigenvalue weighted by Gasteiger charge is -2.01. The van der Waals surface area contributed by atoms with Crippen molar-refractivity contribution < 1.29 is 0 Å². The SMILES string of the molecule is C#CC1(CCN)CC1. The third-order valence-electron chi connectivity index (χ3n) is 1.78. The number of rotatable bonds is 2. The van der Waals surface area contributed by atoms with Crippen LogP contribution in [0.3, 0.4) is 0 Å². The Morgan fingerprint density at radius 1 is 1.62 bits per heavy atom. The van der Waals surface area contributed by atoms with Gasteiger partial charge in [0.15, 0.2) is 0 Å². The van der Waals surface area contributed by atoms with Gasteiger partial charge in [-0.1, -0.05) is 5.92 Å². The molecule has 0 saturated heterocycles. The van der Waals surface area contributed by atoms with Gasteiger partial charge in [-0.15, -0.1) is 6.42 Å². The van der Waals surface area contributed by atoms with Gasteiger partial charge in [0.05, 0.1) is 0 Å². The van der Waals surface area contributed by atoms with E-state index >= 15 is 0 Å². The molecule has 1 nitrogen and oxygen atoms in total. The Labute approximate surface area is 50.3 Å². The smallest absolute Gasteiger partial charge is 0.0325 e. The van der Waals surface area contributed by atoms with Gasteiger partial charge in [-0.05, 0) is 25.8 Å². The second kappa shape index (κ2) is 1.80. The Bertz CT molecular complexity index is 117. The molecule has 1 aliphatic carbocycles. The first kappa shape index (κ1) is 5.65. The van der Waals surface area contributed by atoms with Crippen LogP contribution in [-0.4, -0.2) is 6.54 Å². The molecule has 0 aromatic rings. The van der Waals surface area contributed by atoms with Gasteiger partial charge in [0.25, 0.3) is 0 Å². The Kier molecular flexibility index (Phi) is 1.27. The van der Waals surface area contributed by atoms with Crippen molar-refractivity contribution in [1.82, 2.24) is 0 Å². The van der Waals surface area contributed by atoms with Crippen LogP contribution in [0.2, 0.25) is 0 Å². The molecule has 0 aromatic carbocycles. The van der Waals surface area contributed by atoms with Crippen molar-refractivity contribution in [3.8, 4) is 12.3 Å². The molecule has 1 saturated carbocycles. The van der Waals surface area contributed by atoms with Gasteiger partial charge in [0.1, 0.15) is 0 Å². The lowest BCUT2D eigenvalue weighted by molar-refractivity contribution is 0.616. The second-order valence-corrected chi connectivity index (χ2v) is 2.46. The van der Waals surface area contributed by atoms with E-state index in [2.05, 4.69) is 5.92 Å². The highest BCUT2D eigenvalue weighted by molar-refractivity contribution is 5.14. The second-order valence-electron chi connectivity index (χ2n) is 2.46. The highest BCUT2D eigenvalue weighted by atomic mass is 14.6. The lowest BCUT2D eigenvalue weighted by Crippen LogP contribution is -2.06. The van der Waals surface area contributed by atoms with Crippen LogP contribution < -0.4 is 5.73 Å². The minimum absolute atomic E-state index is 0.245. The van der Waals surface area contributed by atoms with Crippen molar-refractivity contribution in [1.29, 1.82) is 0 Å². The van der Waals surface area contributed by atoms with Crippen molar-refractivity contribution in [2.75, 3.05) is 6.54 Å². The molecule has 8 heavy (non-hydrogen) atoms. The highest BCUT2D eigenvalue weighted by Crippen LogP contribution is 2.47. The third kappa shape index (κ3) is 0.850. The Hall–Kier alpha value is -0.480. The molecular formula is C7H11N. The van der Waals surface area contributed by atoms with E-state index in [1.54, 1.807) is 0 Å². The van der Waals surface area contributed by atoms with Crippen molar-refractivity contribution in [3.63, 3.8) is 0 Å². The third-order valence-corrected chi connectivity index (χ3v) is 1.78. The van der Waals surface area contributed by atoms with E-state index in [-0.39, 0.29) is 5.41 Å². The average molecular weight is 109 g/mol. The molecule has 0 heterocycles. The molecule has 0 atom stereocenters. The van der Waals surface area contributed by atoms with Crippen molar-refractivity contribution in [2.45, 2.75) is 19.3 Å². The van der Waals surface area contributed by atoms with E-state index in [0.29, 0.717) is 0 Å². The molecule has 0 bridgehead atoms. The van der Waals surface area contributed by atoms with Crippen molar-refractivity contribution >= 4 is 0 Å². The maximum atomic E-state index is 5.33. The average Bonchev–Trinajstić information content (AvgIpc) is 2.50. The van der Waals surface area contributed by atoms with Crippen LogP contribution in [-0.2, 0) is 0 Å². The number of nitrogens with two attached hydrogens (primary N) is 1. The normalized spacial score (nSPS) is 22.0. The molecule has 0 aliphatic heterocycles. The van der Waals surface area contributed by atoms with Gasteiger partial charge in [-0.2, -0.15) is 0 Å². The molecule has 0 amide bonds. The maximum Gasteiger partial charge on any atom is 0.0325 e. The fraction of sp³-hybridized carbons (Fsp3) is 0.714. The van der Waals surface area contributed by atoms with E-state index in [4.69, 9.17) is 12.2 Å². The van der Waals surface area contributed by atoms with Gasteiger partial charge < -0.3 is 5.73 Å². The van der Waals surface area contributed by atoms with E-state index in [0.717, 1.165) is 13.0 Å². The van der Waals surface area contributed by atoms with Crippen molar-refractivity contribution in [3.05, 3.63) is 0 Å². The minimum atomic E-state index is 0.245. The van der Waals surface area contributed by atoms with Crippen LogP contribution >= 0.6 is 0 Å². The minimum Gasteiger partial charge on any atom is -0.330 e. The van der Waals surface area contributed by atoms with Crippen LogP contribution in [0.15, 0.2) is 0 Å². The summed E-state index contributed by atoms with van der Waals surface area (Å²) in [5.74, 6) is 2.77. The standard InChI is InChI=1S/C7H11N/c1-2-7(3-4-7)5-6-8/h1H,3-6,8H2. The van der Waals surface area contributed by atoms with Gasteiger partial charge in [-0.3, -0.25) is 0 Å². The van der Waals surface area contributed by atoms with Crippen LogP contribution in [0.4, 0.5) is 0 Å². The summed E-state index contributed by atoms with van der Waals surface area (Å²) >= 11 is 0. The fourth-order valence-electron chi connectivity index (χ4n) is 0.894. The summed E-state index contributed by atoms with van der Waals surface area (Å²) in [5, 5.41) is 0. The van der Waals surface area contributed by atoms with Crippen LogP contribution in [0, 0.1) is 17.8 Å². The Morgan fingerprint density at radius 3 is 2.38 bits per heavy atom. The summed E-state index contributed by atoms with van der Waals surface area (Å²) in [4.78, 5) is 0. The predicted molar refractivity (Wildman–Crippen MR) is 34.2 cm³/mol. The zero-order valence-corrected chi connectivity index (χ0v) is 4.98. The molecule has 1 heteroatoms. The predicted octanol–water partition coefficient (Wildman–Crippen LogP) is 0.749. The van der Waals surface area contributed by atoms with Crippen molar-refractivity contribution in [2.24, 2.45) is 11.1 Å². The first-order valence-electron chi connectivity index (χ1n) is 3.01. The summed E-state index contributed by atoms with van der Waals surface area (Å²) in [7, 11) is 0. The molecule has 1 aliphatic rings. The van der Waals surface area contributed by atoms with Crippen LogP contribution in [0.1, 0.15) is 19.3 Å². The molecule has 0 unspecified atom stereocenters. The first-order valence-corrected chi connectivity index (χ1v) is 3.01. The molecule has 0 spiro atoms. The van der Waals surface area contributed by atoms with Crippen LogP contribution in [0.25, 0.3) is 0 Å². The monoisotopic (exact) mass is 109 g/mol. The summed E-state index contributed by atoms with van der Waals surface area (Å²) in [6.07, 6.45) is 8.66. The highest BCUT2D eigenvalue weighted by Gasteiger charge is 2.39. The maximum absolute atomic E-state index is 5.33. The summed E-state index contributed by atoms with van der Waals surface area (Å²) in [5.41, 5.74) is 5.58. The fourth-order valence-corrected chi connectivity index (χ4v) is 0.894. The van der Waals surface area contributed by atoms with Gasteiger partial charge in [-0.25, -0.2) is 0 Å². The Morgan fingerprint density at radius 2 is 2.25 bits per heavy atom. The number of hydrogen-bond donors (Lipinski definition) is 1. The number of hydrogen-bond acceptors (Lipinski definition) is 1. The van der Waals surface area contributed by atoms with E-state index in [9.17, 15) is 0 Å². The molecule has 1 fully saturated rings. The van der Waals surface area contributed by atoms with Gasteiger partial charge >= 0.3 is 0 Å². The molecule has 1 rings (SSSR count). The van der Waals surface area contributed by atoms with Gasteiger partial charge in [0, 0.05) is 5.41 Å². The first-order chi connectivity index (χ1) is 3.83. The molecular weight excluding hydrogens is 98.1 g/mol. The summed E-state index contributed by atoms with van der Waals surface area (Å²) in [6.45, 7) is 0.740. The largest absolute Gasteiger partial charge is 0.330 e. The van der Waals surface area contributed by atoms with E-state index in [1.165, 1.54) is 12.8 Å².